The zero-order valence-electron chi connectivity index (χ0n) is 11.0. The number of hydrogen-bond donors (Lipinski definition) is 0. The Bertz CT molecular complexity index is 205. The molecule has 1 aliphatic carbocycles. The fraction of sp³-hybridized carbons (Fsp3) is 0.929. The third-order valence-electron chi connectivity index (χ3n) is 3.92. The van der Waals surface area contributed by atoms with Crippen LogP contribution in [0.1, 0.15) is 65.7 Å². The van der Waals surface area contributed by atoms with Gasteiger partial charge in [0.15, 0.2) is 0 Å². The molecule has 1 unspecified atom stereocenters. The van der Waals surface area contributed by atoms with Gasteiger partial charge >= 0.3 is 5.97 Å². The second kappa shape index (κ2) is 6.93. The Labute approximate surface area is 99.8 Å². The molecule has 1 rings (SSSR count). The van der Waals surface area contributed by atoms with E-state index >= 15 is 0 Å². The Morgan fingerprint density at radius 3 is 2.38 bits per heavy atom. The summed E-state index contributed by atoms with van der Waals surface area (Å²) < 4.78 is 5.45. The van der Waals surface area contributed by atoms with Crippen molar-refractivity contribution in [3.05, 3.63) is 0 Å². The standard InChI is InChI=1S/C14H26O2/c1-4-6-14(15)16-13-9-7-12(8-10-13)11(3)5-2/h11-13H,4-10H2,1-3H3. The molecule has 1 atom stereocenters. The lowest BCUT2D eigenvalue weighted by molar-refractivity contribution is -0.151. The summed E-state index contributed by atoms with van der Waals surface area (Å²) in [6.07, 6.45) is 7.56. The summed E-state index contributed by atoms with van der Waals surface area (Å²) in [6, 6.07) is 0. The Morgan fingerprint density at radius 1 is 1.25 bits per heavy atom. The maximum Gasteiger partial charge on any atom is 0.306 e. The third kappa shape index (κ3) is 4.15. The van der Waals surface area contributed by atoms with Gasteiger partial charge in [0.05, 0.1) is 0 Å². The lowest BCUT2D eigenvalue weighted by atomic mass is 9.79. The van der Waals surface area contributed by atoms with Crippen molar-refractivity contribution in [2.75, 3.05) is 0 Å². The topological polar surface area (TPSA) is 26.3 Å². The molecule has 0 aromatic rings. The molecule has 16 heavy (non-hydrogen) atoms. The van der Waals surface area contributed by atoms with E-state index in [9.17, 15) is 4.79 Å². The SMILES string of the molecule is CCCC(=O)OC1CCC(C(C)CC)CC1. The molecule has 0 radical (unpaired) electrons. The molecular formula is C14H26O2. The molecule has 0 amide bonds. The molecule has 0 aromatic carbocycles. The van der Waals surface area contributed by atoms with Gasteiger partial charge in [-0.05, 0) is 43.9 Å². The molecule has 2 heteroatoms. The van der Waals surface area contributed by atoms with E-state index in [0.717, 1.165) is 31.1 Å². The second-order valence-corrected chi connectivity index (χ2v) is 5.16. The highest BCUT2D eigenvalue weighted by molar-refractivity contribution is 5.69. The Kier molecular flexibility index (Phi) is 5.86. The lowest BCUT2D eigenvalue weighted by Crippen LogP contribution is -2.26. The van der Waals surface area contributed by atoms with Crippen LogP contribution in [0.5, 0.6) is 0 Å². The first kappa shape index (κ1) is 13.5. The van der Waals surface area contributed by atoms with Crippen LogP contribution in [0.4, 0.5) is 0 Å². The van der Waals surface area contributed by atoms with Crippen molar-refractivity contribution in [1.29, 1.82) is 0 Å². The van der Waals surface area contributed by atoms with E-state index in [4.69, 9.17) is 4.74 Å². The number of carbonyl (C=O) groups is 1. The van der Waals surface area contributed by atoms with E-state index in [2.05, 4.69) is 13.8 Å². The first-order valence-corrected chi connectivity index (χ1v) is 6.86. The van der Waals surface area contributed by atoms with Crippen LogP contribution in [0.15, 0.2) is 0 Å². The minimum Gasteiger partial charge on any atom is -0.462 e. The van der Waals surface area contributed by atoms with Crippen LogP contribution in [0.2, 0.25) is 0 Å². The van der Waals surface area contributed by atoms with Crippen LogP contribution < -0.4 is 0 Å². The monoisotopic (exact) mass is 226 g/mol. The summed E-state index contributed by atoms with van der Waals surface area (Å²) in [5.74, 6) is 1.67. The average Bonchev–Trinajstić information content (AvgIpc) is 2.29. The Morgan fingerprint density at radius 2 is 1.88 bits per heavy atom. The molecular weight excluding hydrogens is 200 g/mol. The lowest BCUT2D eigenvalue weighted by Gasteiger charge is -2.31. The summed E-state index contributed by atoms with van der Waals surface area (Å²) in [5, 5.41) is 0. The predicted molar refractivity (Wildman–Crippen MR) is 66.2 cm³/mol. The first-order chi connectivity index (χ1) is 7.67. The highest BCUT2D eigenvalue weighted by atomic mass is 16.5. The molecule has 0 aromatic heterocycles. The van der Waals surface area contributed by atoms with Gasteiger partial charge in [-0.3, -0.25) is 4.79 Å². The van der Waals surface area contributed by atoms with Crippen molar-refractivity contribution in [1.82, 2.24) is 0 Å². The normalized spacial score (nSPS) is 27.4. The third-order valence-corrected chi connectivity index (χ3v) is 3.92. The zero-order valence-corrected chi connectivity index (χ0v) is 11.0. The summed E-state index contributed by atoms with van der Waals surface area (Å²) in [6.45, 7) is 6.62. The van der Waals surface area contributed by atoms with Crippen molar-refractivity contribution >= 4 is 5.97 Å². The van der Waals surface area contributed by atoms with Gasteiger partial charge in [0.25, 0.3) is 0 Å². The molecule has 0 aliphatic heterocycles. The molecule has 0 spiro atoms. The van der Waals surface area contributed by atoms with Gasteiger partial charge in [0, 0.05) is 6.42 Å². The van der Waals surface area contributed by atoms with Gasteiger partial charge in [-0.2, -0.15) is 0 Å². The number of hydrogen-bond acceptors (Lipinski definition) is 2. The largest absolute Gasteiger partial charge is 0.462 e. The van der Waals surface area contributed by atoms with E-state index in [1.54, 1.807) is 0 Å². The molecule has 0 N–H and O–H groups in total. The summed E-state index contributed by atoms with van der Waals surface area (Å²) in [4.78, 5) is 11.4. The maximum absolute atomic E-state index is 11.4. The fourth-order valence-corrected chi connectivity index (χ4v) is 2.56. The molecule has 1 aliphatic rings. The van der Waals surface area contributed by atoms with Gasteiger partial charge in [-0.15, -0.1) is 0 Å². The predicted octanol–water partition coefficient (Wildman–Crippen LogP) is 3.93. The maximum atomic E-state index is 11.4. The van der Waals surface area contributed by atoms with Crippen LogP contribution in [0, 0.1) is 11.8 Å². The number of ether oxygens (including phenoxy) is 1. The van der Waals surface area contributed by atoms with Crippen molar-refractivity contribution in [3.8, 4) is 0 Å². The van der Waals surface area contributed by atoms with Crippen molar-refractivity contribution in [2.24, 2.45) is 11.8 Å². The highest BCUT2D eigenvalue weighted by Gasteiger charge is 2.26. The fourth-order valence-electron chi connectivity index (χ4n) is 2.56. The van der Waals surface area contributed by atoms with Crippen molar-refractivity contribution in [3.63, 3.8) is 0 Å². The zero-order chi connectivity index (χ0) is 12.0. The molecule has 1 saturated carbocycles. The minimum absolute atomic E-state index is 0.00510. The minimum atomic E-state index is -0.00510. The van der Waals surface area contributed by atoms with E-state index < -0.39 is 0 Å². The van der Waals surface area contributed by atoms with Gasteiger partial charge in [-0.25, -0.2) is 0 Å². The molecule has 0 bridgehead atoms. The molecule has 94 valence electrons. The molecule has 1 fully saturated rings. The molecule has 2 nitrogen and oxygen atoms in total. The Hall–Kier alpha value is -0.530. The highest BCUT2D eigenvalue weighted by Crippen LogP contribution is 2.32. The van der Waals surface area contributed by atoms with E-state index in [1.807, 2.05) is 6.92 Å². The first-order valence-electron chi connectivity index (χ1n) is 6.86. The van der Waals surface area contributed by atoms with Crippen LogP contribution >= 0.6 is 0 Å². The number of rotatable bonds is 5. The Balaban J connectivity index is 2.24. The number of esters is 1. The van der Waals surface area contributed by atoms with Crippen LogP contribution in [-0.4, -0.2) is 12.1 Å². The van der Waals surface area contributed by atoms with Gasteiger partial charge < -0.3 is 4.74 Å². The van der Waals surface area contributed by atoms with Crippen LogP contribution in [0.3, 0.4) is 0 Å². The summed E-state index contributed by atoms with van der Waals surface area (Å²) in [7, 11) is 0. The second-order valence-electron chi connectivity index (χ2n) is 5.16. The smallest absolute Gasteiger partial charge is 0.306 e. The van der Waals surface area contributed by atoms with Gasteiger partial charge in [0.1, 0.15) is 6.10 Å². The molecule has 0 heterocycles. The van der Waals surface area contributed by atoms with Crippen LogP contribution in [-0.2, 0) is 9.53 Å². The quantitative estimate of drug-likeness (QED) is 0.664. The van der Waals surface area contributed by atoms with Crippen molar-refractivity contribution in [2.45, 2.75) is 71.8 Å². The summed E-state index contributed by atoms with van der Waals surface area (Å²) in [5.41, 5.74) is 0. The average molecular weight is 226 g/mol. The number of carbonyl (C=O) groups excluding carboxylic acids is 1. The van der Waals surface area contributed by atoms with E-state index in [0.29, 0.717) is 6.42 Å². The summed E-state index contributed by atoms with van der Waals surface area (Å²) >= 11 is 0. The van der Waals surface area contributed by atoms with E-state index in [1.165, 1.54) is 19.3 Å². The van der Waals surface area contributed by atoms with Crippen LogP contribution in [0.25, 0.3) is 0 Å². The van der Waals surface area contributed by atoms with Crippen molar-refractivity contribution < 1.29 is 9.53 Å². The molecule has 0 saturated heterocycles. The van der Waals surface area contributed by atoms with Gasteiger partial charge in [-0.1, -0.05) is 27.2 Å². The van der Waals surface area contributed by atoms with E-state index in [-0.39, 0.29) is 12.1 Å². The van der Waals surface area contributed by atoms with Gasteiger partial charge in [0.2, 0.25) is 0 Å².